The summed E-state index contributed by atoms with van der Waals surface area (Å²) in [6.45, 7) is 0.703. The number of hydrogen-bond acceptors (Lipinski definition) is 6. The lowest BCUT2D eigenvalue weighted by Crippen LogP contribution is -2.11. The second-order valence-corrected chi connectivity index (χ2v) is 3.99. The van der Waals surface area contributed by atoms with Crippen molar-refractivity contribution in [2.24, 2.45) is 7.05 Å². The van der Waals surface area contributed by atoms with Gasteiger partial charge < -0.3 is 9.47 Å². The normalized spacial score (nSPS) is 10.7. The third-order valence-corrected chi connectivity index (χ3v) is 2.59. The Balaban J connectivity index is 2.29. The lowest BCUT2D eigenvalue weighted by Gasteiger charge is -2.05. The number of aryl methyl sites for hydroxylation is 1. The molecule has 0 aliphatic carbocycles. The van der Waals surface area contributed by atoms with Crippen LogP contribution < -0.4 is 0 Å². The molecule has 8 nitrogen and oxygen atoms in total. The lowest BCUT2D eigenvalue weighted by atomic mass is 10.3. The first-order valence-corrected chi connectivity index (χ1v) is 5.62. The third kappa shape index (κ3) is 2.79. The Hall–Kier alpha value is -2.22. The first-order valence-electron chi connectivity index (χ1n) is 5.62. The van der Waals surface area contributed by atoms with Crippen molar-refractivity contribution in [1.82, 2.24) is 24.8 Å². The number of methoxy groups -OCH3 is 2. The van der Waals surface area contributed by atoms with Gasteiger partial charge >= 0.3 is 5.97 Å². The molecule has 0 fully saturated rings. The van der Waals surface area contributed by atoms with Crippen molar-refractivity contribution in [3.63, 3.8) is 0 Å². The zero-order chi connectivity index (χ0) is 13.8. The highest BCUT2D eigenvalue weighted by atomic mass is 16.5. The standard InChI is InChI=1S/C11H15N5O3/c1-15-5-8(4-12-15)6-16-9(7-18-2)10(13-14-16)11(17)19-3/h4-5H,6-7H2,1-3H3. The van der Waals surface area contributed by atoms with Crippen molar-refractivity contribution >= 4 is 5.97 Å². The van der Waals surface area contributed by atoms with Gasteiger partial charge in [0.25, 0.3) is 0 Å². The average molecular weight is 265 g/mol. The fourth-order valence-electron chi connectivity index (χ4n) is 1.72. The van der Waals surface area contributed by atoms with E-state index >= 15 is 0 Å². The van der Waals surface area contributed by atoms with Gasteiger partial charge in [-0.05, 0) is 0 Å². The van der Waals surface area contributed by atoms with E-state index in [0.29, 0.717) is 12.2 Å². The summed E-state index contributed by atoms with van der Waals surface area (Å²) in [6, 6.07) is 0. The minimum atomic E-state index is -0.524. The number of carbonyl (C=O) groups excluding carboxylic acids is 1. The molecular weight excluding hydrogens is 250 g/mol. The van der Waals surface area contributed by atoms with E-state index in [1.807, 2.05) is 13.2 Å². The summed E-state index contributed by atoms with van der Waals surface area (Å²) in [5, 5.41) is 11.9. The van der Waals surface area contributed by atoms with E-state index in [2.05, 4.69) is 20.1 Å². The van der Waals surface area contributed by atoms with Crippen LogP contribution in [-0.2, 0) is 29.7 Å². The minimum Gasteiger partial charge on any atom is -0.464 e. The molecule has 2 aromatic heterocycles. The molecule has 0 aromatic carbocycles. The van der Waals surface area contributed by atoms with Crippen LogP contribution >= 0.6 is 0 Å². The Kier molecular flexibility index (Phi) is 3.91. The van der Waals surface area contributed by atoms with E-state index in [9.17, 15) is 4.79 Å². The van der Waals surface area contributed by atoms with Crippen molar-refractivity contribution < 1.29 is 14.3 Å². The number of ether oxygens (including phenoxy) is 2. The van der Waals surface area contributed by atoms with Gasteiger partial charge in [-0.3, -0.25) is 4.68 Å². The molecule has 102 valence electrons. The van der Waals surface area contributed by atoms with Gasteiger partial charge in [0, 0.05) is 25.9 Å². The Morgan fingerprint density at radius 3 is 2.79 bits per heavy atom. The minimum absolute atomic E-state index is 0.174. The van der Waals surface area contributed by atoms with Gasteiger partial charge in [-0.2, -0.15) is 5.10 Å². The quantitative estimate of drug-likeness (QED) is 0.707. The fraction of sp³-hybridized carbons (Fsp3) is 0.455. The van der Waals surface area contributed by atoms with Crippen molar-refractivity contribution in [2.75, 3.05) is 14.2 Å². The molecular formula is C11H15N5O3. The molecule has 0 atom stereocenters. The Morgan fingerprint density at radius 2 is 2.21 bits per heavy atom. The molecule has 19 heavy (non-hydrogen) atoms. The number of rotatable bonds is 5. The summed E-state index contributed by atoms with van der Waals surface area (Å²) < 4.78 is 13.0. The molecule has 2 rings (SSSR count). The highest BCUT2D eigenvalue weighted by Crippen LogP contribution is 2.11. The molecule has 0 unspecified atom stereocenters. The Labute approximate surface area is 109 Å². The maximum absolute atomic E-state index is 11.6. The first-order chi connectivity index (χ1) is 9.15. The van der Waals surface area contributed by atoms with Gasteiger partial charge in [-0.1, -0.05) is 5.21 Å². The van der Waals surface area contributed by atoms with Crippen molar-refractivity contribution in [3.05, 3.63) is 29.3 Å². The third-order valence-electron chi connectivity index (χ3n) is 2.59. The number of hydrogen-bond donors (Lipinski definition) is 0. The van der Waals surface area contributed by atoms with E-state index in [1.54, 1.807) is 22.7 Å². The topological polar surface area (TPSA) is 84.1 Å². The summed E-state index contributed by atoms with van der Waals surface area (Å²) in [7, 11) is 4.68. The average Bonchev–Trinajstić information content (AvgIpc) is 2.97. The van der Waals surface area contributed by atoms with Crippen LogP contribution in [0.2, 0.25) is 0 Å². The molecule has 0 saturated heterocycles. The lowest BCUT2D eigenvalue weighted by molar-refractivity contribution is 0.0588. The second kappa shape index (κ2) is 5.61. The van der Waals surface area contributed by atoms with Gasteiger partial charge in [-0.25, -0.2) is 9.48 Å². The number of esters is 1. The van der Waals surface area contributed by atoms with Gasteiger partial charge in [0.1, 0.15) is 0 Å². The summed E-state index contributed by atoms with van der Waals surface area (Å²) in [5.41, 5.74) is 1.72. The second-order valence-electron chi connectivity index (χ2n) is 3.99. The van der Waals surface area contributed by atoms with Crippen LogP contribution in [0, 0.1) is 0 Å². The molecule has 0 saturated carbocycles. The van der Waals surface area contributed by atoms with Crippen LogP contribution in [0.15, 0.2) is 12.4 Å². The molecule has 8 heteroatoms. The molecule has 0 amide bonds. The smallest absolute Gasteiger partial charge is 0.360 e. The summed E-state index contributed by atoms with van der Waals surface area (Å²) >= 11 is 0. The van der Waals surface area contributed by atoms with E-state index < -0.39 is 5.97 Å². The highest BCUT2D eigenvalue weighted by molar-refractivity contribution is 5.88. The molecule has 2 aromatic rings. The zero-order valence-corrected chi connectivity index (χ0v) is 11.0. The fourth-order valence-corrected chi connectivity index (χ4v) is 1.72. The van der Waals surface area contributed by atoms with Crippen LogP contribution in [0.5, 0.6) is 0 Å². The molecule has 0 bridgehead atoms. The predicted octanol–water partition coefficient (Wildman–Crippen LogP) is -0.00710. The van der Waals surface area contributed by atoms with Crippen LogP contribution in [0.3, 0.4) is 0 Å². The number of carbonyl (C=O) groups is 1. The number of nitrogens with zero attached hydrogens (tertiary/aromatic N) is 5. The van der Waals surface area contributed by atoms with E-state index in [0.717, 1.165) is 5.56 Å². The van der Waals surface area contributed by atoms with Crippen LogP contribution in [-0.4, -0.2) is 45.0 Å². The summed E-state index contributed by atoms with van der Waals surface area (Å²) in [5.74, 6) is -0.524. The monoisotopic (exact) mass is 265 g/mol. The van der Waals surface area contributed by atoms with Crippen molar-refractivity contribution in [1.29, 1.82) is 0 Å². The SMILES string of the molecule is COCc1c(C(=O)OC)nnn1Cc1cnn(C)c1. The maximum atomic E-state index is 11.6. The van der Waals surface area contributed by atoms with Gasteiger partial charge in [0.05, 0.1) is 32.2 Å². The molecule has 0 spiro atoms. The molecule has 2 heterocycles. The highest BCUT2D eigenvalue weighted by Gasteiger charge is 2.20. The largest absolute Gasteiger partial charge is 0.464 e. The van der Waals surface area contributed by atoms with Gasteiger partial charge in [0.15, 0.2) is 5.69 Å². The first kappa shape index (κ1) is 13.2. The van der Waals surface area contributed by atoms with Gasteiger partial charge in [0.2, 0.25) is 0 Å². The van der Waals surface area contributed by atoms with Crippen LogP contribution in [0.4, 0.5) is 0 Å². The molecule has 0 radical (unpaired) electrons. The maximum Gasteiger partial charge on any atom is 0.360 e. The molecule has 0 N–H and O–H groups in total. The number of aromatic nitrogens is 5. The van der Waals surface area contributed by atoms with Crippen molar-refractivity contribution in [3.8, 4) is 0 Å². The van der Waals surface area contributed by atoms with Crippen LogP contribution in [0.25, 0.3) is 0 Å². The van der Waals surface area contributed by atoms with Crippen molar-refractivity contribution in [2.45, 2.75) is 13.2 Å². The predicted molar refractivity (Wildman–Crippen MR) is 64.4 cm³/mol. The van der Waals surface area contributed by atoms with Gasteiger partial charge in [-0.15, -0.1) is 5.10 Å². The Morgan fingerprint density at radius 1 is 1.42 bits per heavy atom. The summed E-state index contributed by atoms with van der Waals surface area (Å²) in [4.78, 5) is 11.6. The Bertz CT molecular complexity index is 575. The summed E-state index contributed by atoms with van der Waals surface area (Å²) in [6.07, 6.45) is 3.60. The zero-order valence-electron chi connectivity index (χ0n) is 11.0. The molecule has 0 aliphatic rings. The van der Waals surface area contributed by atoms with Crippen LogP contribution in [0.1, 0.15) is 21.7 Å². The van der Waals surface area contributed by atoms with E-state index in [-0.39, 0.29) is 12.3 Å². The van der Waals surface area contributed by atoms with E-state index in [4.69, 9.17) is 4.74 Å². The molecule has 0 aliphatic heterocycles. The van der Waals surface area contributed by atoms with E-state index in [1.165, 1.54) is 7.11 Å².